The van der Waals surface area contributed by atoms with Gasteiger partial charge in [0.15, 0.2) is 5.76 Å². The van der Waals surface area contributed by atoms with E-state index in [1.807, 2.05) is 31.2 Å². The highest BCUT2D eigenvalue weighted by Crippen LogP contribution is 2.45. The molecule has 1 atom stereocenters. The van der Waals surface area contributed by atoms with Gasteiger partial charge in [0, 0.05) is 22.6 Å². The first-order chi connectivity index (χ1) is 15.4. The van der Waals surface area contributed by atoms with E-state index < -0.39 is 0 Å². The maximum atomic E-state index is 13.2. The van der Waals surface area contributed by atoms with Gasteiger partial charge >= 0.3 is 0 Å². The van der Waals surface area contributed by atoms with Gasteiger partial charge in [-0.3, -0.25) is 9.69 Å². The molecule has 162 valence electrons. The second-order valence-electron chi connectivity index (χ2n) is 8.09. The average Bonchev–Trinajstić information content (AvgIpc) is 3.12. The summed E-state index contributed by atoms with van der Waals surface area (Å²) >= 11 is 12.3. The number of benzene rings is 3. The van der Waals surface area contributed by atoms with E-state index in [9.17, 15) is 4.79 Å². The number of nitrogens with zero attached hydrogens (tertiary/aromatic N) is 1. The highest BCUT2D eigenvalue weighted by molar-refractivity contribution is 6.35. The highest BCUT2D eigenvalue weighted by atomic mass is 35.5. The summed E-state index contributed by atoms with van der Waals surface area (Å²) < 4.78 is 12.2. The van der Waals surface area contributed by atoms with Crippen molar-refractivity contribution in [1.82, 2.24) is 4.90 Å². The first-order valence-electron chi connectivity index (χ1n) is 10.4. The fraction of sp³-hybridized carbons (Fsp3) is 0.192. The summed E-state index contributed by atoms with van der Waals surface area (Å²) in [4.78, 5) is 15.4. The van der Waals surface area contributed by atoms with E-state index in [1.165, 1.54) is 5.56 Å². The van der Waals surface area contributed by atoms with Crippen LogP contribution in [-0.2, 0) is 6.54 Å². The third kappa shape index (κ3) is 3.69. The molecule has 3 aromatic rings. The van der Waals surface area contributed by atoms with E-state index in [0.29, 0.717) is 40.2 Å². The molecule has 4 nitrogen and oxygen atoms in total. The number of halogens is 2. The third-order valence-corrected chi connectivity index (χ3v) is 6.59. The second kappa shape index (κ2) is 8.28. The number of hydrogen-bond acceptors (Lipinski definition) is 4. The summed E-state index contributed by atoms with van der Waals surface area (Å²) in [7, 11) is 0. The summed E-state index contributed by atoms with van der Waals surface area (Å²) in [6, 6.07) is 17.5. The Balaban J connectivity index is 1.50. The van der Waals surface area contributed by atoms with Crippen molar-refractivity contribution < 1.29 is 14.3 Å². The Kier molecular flexibility index (Phi) is 5.46. The van der Waals surface area contributed by atoms with Crippen molar-refractivity contribution in [2.45, 2.75) is 26.4 Å². The van der Waals surface area contributed by atoms with Crippen LogP contribution in [0.5, 0.6) is 11.5 Å². The predicted octanol–water partition coefficient (Wildman–Crippen LogP) is 6.83. The van der Waals surface area contributed by atoms with Crippen molar-refractivity contribution in [3.63, 3.8) is 0 Å². The smallest absolute Gasteiger partial charge is 0.232 e. The fourth-order valence-corrected chi connectivity index (χ4v) is 4.66. The normalized spacial score (nSPS) is 17.5. The van der Waals surface area contributed by atoms with Gasteiger partial charge in [-0.15, -0.1) is 0 Å². The molecule has 3 aromatic carbocycles. The Morgan fingerprint density at radius 1 is 1.09 bits per heavy atom. The number of aryl methyl sites for hydroxylation is 1. The van der Waals surface area contributed by atoms with Crippen LogP contribution in [0.25, 0.3) is 6.08 Å². The van der Waals surface area contributed by atoms with Crippen LogP contribution < -0.4 is 9.47 Å². The largest absolute Gasteiger partial charge is 0.478 e. The molecule has 0 bridgehead atoms. The van der Waals surface area contributed by atoms with Gasteiger partial charge in [-0.25, -0.2) is 0 Å². The molecule has 32 heavy (non-hydrogen) atoms. The van der Waals surface area contributed by atoms with Crippen LogP contribution in [0.4, 0.5) is 0 Å². The fourth-order valence-electron chi connectivity index (χ4n) is 4.20. The molecule has 2 heterocycles. The number of ketones is 1. The van der Waals surface area contributed by atoms with Crippen molar-refractivity contribution >= 4 is 35.1 Å². The van der Waals surface area contributed by atoms with E-state index in [0.717, 1.165) is 16.9 Å². The maximum Gasteiger partial charge on any atom is 0.232 e. The summed E-state index contributed by atoms with van der Waals surface area (Å²) in [5, 5.41) is 0.996. The predicted molar refractivity (Wildman–Crippen MR) is 126 cm³/mol. The molecule has 0 radical (unpaired) electrons. The lowest BCUT2D eigenvalue weighted by molar-refractivity contribution is 0.0605. The Labute approximate surface area is 197 Å². The topological polar surface area (TPSA) is 38.8 Å². The molecule has 0 saturated heterocycles. The van der Waals surface area contributed by atoms with Crippen LogP contribution in [0.2, 0.25) is 10.0 Å². The van der Waals surface area contributed by atoms with Gasteiger partial charge in [0.2, 0.25) is 5.78 Å². The quantitative estimate of drug-likeness (QED) is 0.397. The van der Waals surface area contributed by atoms with E-state index in [4.69, 9.17) is 32.7 Å². The second-order valence-corrected chi connectivity index (χ2v) is 8.93. The molecule has 2 aliphatic rings. The number of ether oxygens (including phenoxy) is 2. The minimum absolute atomic E-state index is 0.153. The zero-order valence-electron chi connectivity index (χ0n) is 17.7. The zero-order chi connectivity index (χ0) is 22.4. The lowest BCUT2D eigenvalue weighted by Gasteiger charge is -2.34. The maximum absolute atomic E-state index is 13.2. The Hall–Kier alpha value is -2.79. The minimum atomic E-state index is -0.153. The summed E-state index contributed by atoms with van der Waals surface area (Å²) in [5.41, 5.74) is 4.18. The zero-order valence-corrected chi connectivity index (χ0v) is 19.2. The van der Waals surface area contributed by atoms with Gasteiger partial charge in [-0.1, -0.05) is 59.6 Å². The molecular weight excluding hydrogens is 445 g/mol. The molecule has 0 aliphatic carbocycles. The van der Waals surface area contributed by atoms with E-state index in [2.05, 4.69) is 24.0 Å². The van der Waals surface area contributed by atoms with Gasteiger partial charge in [-0.2, -0.15) is 0 Å². The number of carbonyl (C=O) groups is 1. The SMILES string of the molecule is Cc1cc2c(c3c1C(=O)/C(=C/c1ccc(Cl)cc1Cl)O3)CN(C(C)c1ccccc1)CO2. The van der Waals surface area contributed by atoms with Crippen LogP contribution in [0.15, 0.2) is 60.4 Å². The van der Waals surface area contributed by atoms with Crippen LogP contribution in [0.1, 0.15) is 45.6 Å². The summed E-state index contributed by atoms with van der Waals surface area (Å²) in [6.45, 7) is 5.15. The third-order valence-electron chi connectivity index (χ3n) is 6.03. The van der Waals surface area contributed by atoms with Gasteiger partial charge in [0.1, 0.15) is 18.2 Å². The highest BCUT2D eigenvalue weighted by Gasteiger charge is 2.36. The molecule has 0 saturated carbocycles. The van der Waals surface area contributed by atoms with Gasteiger partial charge in [-0.05, 0) is 54.8 Å². The summed E-state index contributed by atoms with van der Waals surface area (Å²) in [5.74, 6) is 1.43. The number of fused-ring (bicyclic) bond motifs is 3. The molecule has 0 fully saturated rings. The number of hydrogen-bond donors (Lipinski definition) is 0. The van der Waals surface area contributed by atoms with E-state index in [1.54, 1.807) is 24.3 Å². The standard InChI is InChI=1S/C26H21Cl2NO3/c1-15-10-22-20(13-29(14-31-22)16(2)17-6-4-3-5-7-17)26-24(15)25(30)23(32-26)11-18-8-9-19(27)12-21(18)28/h3-12,16H,13-14H2,1-2H3/b23-11-. The summed E-state index contributed by atoms with van der Waals surface area (Å²) in [6.07, 6.45) is 1.67. The van der Waals surface area contributed by atoms with Crippen molar-refractivity contribution in [3.05, 3.63) is 98.2 Å². The number of rotatable bonds is 3. The molecule has 0 N–H and O–H groups in total. The van der Waals surface area contributed by atoms with Crippen molar-refractivity contribution in [2.75, 3.05) is 6.73 Å². The lowest BCUT2D eigenvalue weighted by atomic mass is 9.98. The van der Waals surface area contributed by atoms with E-state index >= 15 is 0 Å². The molecule has 0 spiro atoms. The number of allylic oxidation sites excluding steroid dienone is 1. The van der Waals surface area contributed by atoms with Gasteiger partial charge < -0.3 is 9.47 Å². The monoisotopic (exact) mass is 465 g/mol. The van der Waals surface area contributed by atoms with Crippen LogP contribution in [-0.4, -0.2) is 17.4 Å². The molecular formula is C26H21Cl2NO3. The van der Waals surface area contributed by atoms with Crippen molar-refractivity contribution in [2.24, 2.45) is 0 Å². The van der Waals surface area contributed by atoms with E-state index in [-0.39, 0.29) is 17.6 Å². The average molecular weight is 466 g/mol. The van der Waals surface area contributed by atoms with Crippen LogP contribution >= 0.6 is 23.2 Å². The first kappa shape index (κ1) is 21.1. The Morgan fingerprint density at radius 3 is 2.62 bits per heavy atom. The first-order valence-corrected chi connectivity index (χ1v) is 11.2. The molecule has 5 rings (SSSR count). The molecule has 1 unspecified atom stereocenters. The number of Topliss-reactive ketones (excluding diaryl/α,β-unsaturated/α-hetero) is 1. The minimum Gasteiger partial charge on any atom is -0.478 e. The van der Waals surface area contributed by atoms with Crippen LogP contribution in [0, 0.1) is 6.92 Å². The molecule has 2 aliphatic heterocycles. The molecule has 6 heteroatoms. The molecule has 0 aromatic heterocycles. The van der Waals surface area contributed by atoms with Crippen molar-refractivity contribution in [3.8, 4) is 11.5 Å². The Morgan fingerprint density at radius 2 is 1.88 bits per heavy atom. The van der Waals surface area contributed by atoms with Crippen molar-refractivity contribution in [1.29, 1.82) is 0 Å². The Bertz CT molecular complexity index is 1250. The lowest BCUT2D eigenvalue weighted by Crippen LogP contribution is -2.34. The van der Waals surface area contributed by atoms with Gasteiger partial charge in [0.25, 0.3) is 0 Å². The van der Waals surface area contributed by atoms with Crippen LogP contribution in [0.3, 0.4) is 0 Å². The van der Waals surface area contributed by atoms with Gasteiger partial charge in [0.05, 0.1) is 11.1 Å². The molecule has 0 amide bonds. The number of carbonyl (C=O) groups excluding carboxylic acids is 1.